The van der Waals surface area contributed by atoms with Crippen LogP contribution in [0.25, 0.3) is 0 Å². The van der Waals surface area contributed by atoms with Gasteiger partial charge in [0.2, 0.25) is 0 Å². The average Bonchev–Trinajstić information content (AvgIpc) is 2.46. The fraction of sp³-hybridized carbons (Fsp3) is 1.00. The van der Waals surface area contributed by atoms with Crippen LogP contribution in [0.2, 0.25) is 0 Å². The summed E-state index contributed by atoms with van der Waals surface area (Å²) >= 11 is 0. The molecule has 1 rings (SSSR count). The Hall–Kier alpha value is -0.0800. The van der Waals surface area contributed by atoms with Gasteiger partial charge < -0.3 is 5.73 Å². The van der Waals surface area contributed by atoms with E-state index in [0.29, 0.717) is 5.54 Å². The van der Waals surface area contributed by atoms with Crippen molar-refractivity contribution in [2.45, 2.75) is 78.2 Å². The fourth-order valence-electron chi connectivity index (χ4n) is 3.72. The lowest BCUT2D eigenvalue weighted by Crippen LogP contribution is -2.56. The molecule has 0 aromatic rings. The molecule has 0 saturated heterocycles. The Bertz CT molecular complexity index is 231. The van der Waals surface area contributed by atoms with E-state index in [0.717, 1.165) is 24.9 Å². The molecule has 0 amide bonds. The Kier molecular flexibility index (Phi) is 7.38. The molecule has 1 aliphatic rings. The minimum absolute atomic E-state index is 0.308. The zero-order chi connectivity index (χ0) is 14.3. The van der Waals surface area contributed by atoms with Gasteiger partial charge in [0.15, 0.2) is 0 Å². The Balaban J connectivity index is 2.63. The van der Waals surface area contributed by atoms with Gasteiger partial charge in [0.1, 0.15) is 0 Å². The highest BCUT2D eigenvalue weighted by molar-refractivity contribution is 4.96. The zero-order valence-corrected chi connectivity index (χ0v) is 13.8. The van der Waals surface area contributed by atoms with Crippen molar-refractivity contribution < 1.29 is 0 Å². The van der Waals surface area contributed by atoms with E-state index < -0.39 is 0 Å². The molecular weight excluding hydrogens is 232 g/mol. The first-order valence-corrected chi connectivity index (χ1v) is 8.56. The second kappa shape index (κ2) is 8.26. The van der Waals surface area contributed by atoms with Crippen molar-refractivity contribution in [1.29, 1.82) is 0 Å². The third kappa shape index (κ3) is 4.46. The van der Waals surface area contributed by atoms with Crippen LogP contribution in [0.15, 0.2) is 0 Å². The summed E-state index contributed by atoms with van der Waals surface area (Å²) in [6.45, 7) is 12.5. The first kappa shape index (κ1) is 17.0. The lowest BCUT2D eigenvalue weighted by molar-refractivity contribution is 0.0339. The molecule has 1 aliphatic carbocycles. The minimum atomic E-state index is 0.308. The van der Waals surface area contributed by atoms with E-state index in [9.17, 15) is 0 Å². The van der Waals surface area contributed by atoms with Gasteiger partial charge in [-0.2, -0.15) is 0 Å². The maximum absolute atomic E-state index is 6.21. The summed E-state index contributed by atoms with van der Waals surface area (Å²) in [5.74, 6) is 1.75. The van der Waals surface area contributed by atoms with E-state index >= 15 is 0 Å². The first-order chi connectivity index (χ1) is 9.11. The van der Waals surface area contributed by atoms with Crippen LogP contribution in [0.1, 0.15) is 72.6 Å². The zero-order valence-electron chi connectivity index (χ0n) is 13.8. The van der Waals surface area contributed by atoms with Crippen LogP contribution in [-0.4, -0.2) is 30.1 Å². The van der Waals surface area contributed by atoms with E-state index in [-0.39, 0.29) is 0 Å². The molecule has 0 spiro atoms. The van der Waals surface area contributed by atoms with E-state index in [1.165, 1.54) is 51.5 Å². The highest BCUT2D eigenvalue weighted by atomic mass is 15.2. The second-order valence-corrected chi connectivity index (χ2v) is 6.71. The molecule has 114 valence electrons. The maximum Gasteiger partial charge on any atom is 0.0331 e. The van der Waals surface area contributed by atoms with Gasteiger partial charge in [-0.1, -0.05) is 47.0 Å². The topological polar surface area (TPSA) is 29.3 Å². The van der Waals surface area contributed by atoms with Gasteiger partial charge >= 0.3 is 0 Å². The van der Waals surface area contributed by atoms with Crippen molar-refractivity contribution in [1.82, 2.24) is 4.90 Å². The molecule has 1 saturated carbocycles. The molecule has 0 aliphatic heterocycles. The number of nitrogens with zero attached hydrogens (tertiary/aromatic N) is 1. The third-order valence-electron chi connectivity index (χ3n) is 5.39. The van der Waals surface area contributed by atoms with E-state index in [1.807, 2.05) is 0 Å². The van der Waals surface area contributed by atoms with Gasteiger partial charge in [-0.15, -0.1) is 0 Å². The van der Waals surface area contributed by atoms with Crippen LogP contribution >= 0.6 is 0 Å². The average molecular weight is 268 g/mol. The monoisotopic (exact) mass is 268 g/mol. The summed E-state index contributed by atoms with van der Waals surface area (Å²) in [6.07, 6.45) is 9.44. The fourth-order valence-corrected chi connectivity index (χ4v) is 3.72. The van der Waals surface area contributed by atoms with Crippen LogP contribution in [0.4, 0.5) is 0 Å². The molecule has 1 unspecified atom stereocenters. The van der Waals surface area contributed by atoms with Gasteiger partial charge in [0.05, 0.1) is 0 Å². The molecule has 0 radical (unpaired) electrons. The van der Waals surface area contributed by atoms with Crippen LogP contribution in [0.3, 0.4) is 0 Å². The largest absolute Gasteiger partial charge is 0.329 e. The third-order valence-corrected chi connectivity index (χ3v) is 5.39. The number of hydrogen-bond acceptors (Lipinski definition) is 2. The van der Waals surface area contributed by atoms with Crippen molar-refractivity contribution in [2.75, 3.05) is 19.6 Å². The highest BCUT2D eigenvalue weighted by Crippen LogP contribution is 2.38. The first-order valence-electron chi connectivity index (χ1n) is 8.56. The number of rotatable bonds is 8. The minimum Gasteiger partial charge on any atom is -0.329 e. The van der Waals surface area contributed by atoms with E-state index in [4.69, 9.17) is 5.73 Å². The summed E-state index contributed by atoms with van der Waals surface area (Å²) < 4.78 is 0. The van der Waals surface area contributed by atoms with Gasteiger partial charge in [-0.3, -0.25) is 4.90 Å². The molecule has 0 aromatic carbocycles. The van der Waals surface area contributed by atoms with E-state index in [2.05, 4.69) is 32.6 Å². The van der Waals surface area contributed by atoms with E-state index in [1.54, 1.807) is 0 Å². The van der Waals surface area contributed by atoms with Crippen LogP contribution < -0.4 is 5.73 Å². The van der Waals surface area contributed by atoms with Crippen molar-refractivity contribution >= 4 is 0 Å². The van der Waals surface area contributed by atoms with Crippen LogP contribution in [0, 0.1) is 11.8 Å². The summed E-state index contributed by atoms with van der Waals surface area (Å²) in [4.78, 5) is 2.70. The molecule has 2 N–H and O–H groups in total. The lowest BCUT2D eigenvalue weighted by Gasteiger charge is -2.48. The van der Waals surface area contributed by atoms with Crippen LogP contribution in [0.5, 0.6) is 0 Å². The molecule has 0 bridgehead atoms. The number of hydrogen-bond donors (Lipinski definition) is 1. The van der Waals surface area contributed by atoms with Crippen molar-refractivity contribution in [2.24, 2.45) is 17.6 Å². The summed E-state index contributed by atoms with van der Waals surface area (Å²) in [5.41, 5.74) is 6.52. The van der Waals surface area contributed by atoms with Gasteiger partial charge in [-0.25, -0.2) is 0 Å². The summed E-state index contributed by atoms with van der Waals surface area (Å²) in [5, 5.41) is 0. The smallest absolute Gasteiger partial charge is 0.0331 e. The Morgan fingerprint density at radius 3 is 2.26 bits per heavy atom. The molecule has 19 heavy (non-hydrogen) atoms. The SMILES string of the molecule is CCCC1CCC(CN)(N(CC)CC(C)CC)CC1. The normalized spacial score (nSPS) is 29.7. The molecule has 1 atom stereocenters. The van der Waals surface area contributed by atoms with Gasteiger partial charge in [0, 0.05) is 18.6 Å². The Morgan fingerprint density at radius 2 is 1.84 bits per heavy atom. The van der Waals surface area contributed by atoms with Crippen LogP contribution in [-0.2, 0) is 0 Å². The lowest BCUT2D eigenvalue weighted by atomic mass is 9.74. The molecule has 0 aromatic heterocycles. The van der Waals surface area contributed by atoms with Gasteiger partial charge in [-0.05, 0) is 44.1 Å². The maximum atomic E-state index is 6.21. The molecule has 2 nitrogen and oxygen atoms in total. The van der Waals surface area contributed by atoms with Crippen molar-refractivity contribution in [3.8, 4) is 0 Å². The predicted octanol–water partition coefficient (Wildman–Crippen LogP) is 4.04. The molecule has 0 heterocycles. The summed E-state index contributed by atoms with van der Waals surface area (Å²) in [6, 6.07) is 0. The standard InChI is InChI=1S/C17H36N2/c1-5-8-16-9-11-17(14-18,12-10-16)19(7-3)13-15(4)6-2/h15-16H,5-14,18H2,1-4H3. The van der Waals surface area contributed by atoms with Crippen molar-refractivity contribution in [3.63, 3.8) is 0 Å². The molecular formula is C17H36N2. The Labute approximate surface area is 121 Å². The summed E-state index contributed by atoms with van der Waals surface area (Å²) in [7, 11) is 0. The molecule has 1 fully saturated rings. The van der Waals surface area contributed by atoms with Gasteiger partial charge in [0.25, 0.3) is 0 Å². The Morgan fingerprint density at radius 1 is 1.21 bits per heavy atom. The highest BCUT2D eigenvalue weighted by Gasteiger charge is 2.38. The molecule has 2 heteroatoms. The quantitative estimate of drug-likeness (QED) is 0.720. The van der Waals surface area contributed by atoms with Crippen molar-refractivity contribution in [3.05, 3.63) is 0 Å². The number of nitrogens with two attached hydrogens (primary N) is 1. The predicted molar refractivity (Wildman–Crippen MR) is 85.4 cm³/mol. The number of likely N-dealkylation sites (N-methyl/N-ethyl adjacent to an activating group) is 1. The second-order valence-electron chi connectivity index (χ2n) is 6.71.